The first-order valence-corrected chi connectivity index (χ1v) is 17.9. The largest absolute Gasteiger partial charge is 0.456 e. The highest BCUT2D eigenvalue weighted by Gasteiger charge is 2.35. The lowest BCUT2D eigenvalue weighted by Crippen LogP contribution is -2.16. The maximum absolute atomic E-state index is 6.23. The summed E-state index contributed by atoms with van der Waals surface area (Å²) in [6, 6.07) is 58.9. The predicted octanol–water partition coefficient (Wildman–Crippen LogP) is 14.1. The number of para-hydroxylation sites is 2. The summed E-state index contributed by atoms with van der Waals surface area (Å²) in [5.74, 6) is 0. The van der Waals surface area contributed by atoms with Gasteiger partial charge in [0.15, 0.2) is 0 Å². The van der Waals surface area contributed by atoms with E-state index in [1.54, 1.807) is 0 Å². The lowest BCUT2D eigenvalue weighted by Gasteiger charge is -2.28. The Balaban J connectivity index is 1.04. The maximum atomic E-state index is 6.23. The highest BCUT2D eigenvalue weighted by atomic mass is 16.3. The molecule has 1 aliphatic carbocycles. The van der Waals surface area contributed by atoms with Crippen LogP contribution in [0, 0.1) is 0 Å². The zero-order valence-corrected chi connectivity index (χ0v) is 28.9. The summed E-state index contributed by atoms with van der Waals surface area (Å²) in [7, 11) is 0. The van der Waals surface area contributed by atoms with Gasteiger partial charge in [0.1, 0.15) is 22.3 Å². The molecule has 0 radical (unpaired) electrons. The van der Waals surface area contributed by atoms with E-state index in [1.807, 2.05) is 24.3 Å². The van der Waals surface area contributed by atoms with Crippen molar-refractivity contribution in [3.63, 3.8) is 0 Å². The molecule has 246 valence electrons. The van der Waals surface area contributed by atoms with Crippen LogP contribution in [0.25, 0.3) is 76.9 Å². The number of furan rings is 2. The van der Waals surface area contributed by atoms with Crippen LogP contribution in [0.3, 0.4) is 0 Å². The molecule has 2 aromatic heterocycles. The molecular weight excluding hydrogens is 635 g/mol. The smallest absolute Gasteiger partial charge is 0.136 e. The van der Waals surface area contributed by atoms with Crippen molar-refractivity contribution >= 4 is 71.7 Å². The number of hydrogen-bond donors (Lipinski definition) is 0. The maximum Gasteiger partial charge on any atom is 0.136 e. The molecule has 0 atom stereocenters. The van der Waals surface area contributed by atoms with Crippen molar-refractivity contribution in [1.29, 1.82) is 0 Å². The van der Waals surface area contributed by atoms with Gasteiger partial charge in [0.05, 0.1) is 0 Å². The second-order valence-electron chi connectivity index (χ2n) is 14.5. The Labute approximate surface area is 301 Å². The SMILES string of the molecule is CC1(C)c2ccccc2-c2ccc(N(c3ccc(-c4ccc5c(ccc6oc7ccccc7c65)c4)cc3)c3ccc4oc5ccccc5c4c3)cc21. The van der Waals surface area contributed by atoms with Crippen molar-refractivity contribution in [2.45, 2.75) is 19.3 Å². The van der Waals surface area contributed by atoms with Gasteiger partial charge in [0.25, 0.3) is 0 Å². The van der Waals surface area contributed by atoms with Crippen LogP contribution >= 0.6 is 0 Å². The van der Waals surface area contributed by atoms with Gasteiger partial charge in [-0.25, -0.2) is 0 Å². The van der Waals surface area contributed by atoms with Crippen LogP contribution < -0.4 is 4.90 Å². The third-order valence-electron chi connectivity index (χ3n) is 11.3. The van der Waals surface area contributed by atoms with Gasteiger partial charge in [0.2, 0.25) is 0 Å². The molecule has 52 heavy (non-hydrogen) atoms. The zero-order chi connectivity index (χ0) is 34.6. The van der Waals surface area contributed by atoms with Crippen LogP contribution in [-0.2, 0) is 5.41 Å². The van der Waals surface area contributed by atoms with Crippen LogP contribution in [-0.4, -0.2) is 0 Å². The number of fused-ring (bicyclic) bond motifs is 11. The number of anilines is 3. The van der Waals surface area contributed by atoms with Gasteiger partial charge < -0.3 is 13.7 Å². The van der Waals surface area contributed by atoms with E-state index in [-0.39, 0.29) is 5.41 Å². The van der Waals surface area contributed by atoms with Crippen LogP contribution in [0.2, 0.25) is 0 Å². The van der Waals surface area contributed by atoms with E-state index in [0.717, 1.165) is 55.6 Å². The summed E-state index contributed by atoms with van der Waals surface area (Å²) in [6.45, 7) is 4.68. The summed E-state index contributed by atoms with van der Waals surface area (Å²) in [5.41, 5.74) is 14.6. The molecule has 0 N–H and O–H groups in total. The minimum Gasteiger partial charge on any atom is -0.456 e. The lowest BCUT2D eigenvalue weighted by atomic mass is 9.82. The highest BCUT2D eigenvalue weighted by molar-refractivity contribution is 6.19. The highest BCUT2D eigenvalue weighted by Crippen LogP contribution is 2.51. The van der Waals surface area contributed by atoms with E-state index in [1.165, 1.54) is 49.5 Å². The minimum absolute atomic E-state index is 0.105. The second-order valence-corrected chi connectivity index (χ2v) is 14.5. The lowest BCUT2D eigenvalue weighted by molar-refractivity contribution is 0.660. The standard InChI is InChI=1S/C49H33NO2/c1-49(2)42-12-6-3-9-37(42)38-24-21-35(29-43(38)49)50(34-22-26-46-41(28-34)39-10-4-7-13-44(39)51-46)33-19-15-30(16-20-33)31-17-23-36-32(27-31)18-25-47-48(36)40-11-5-8-14-45(40)52-47/h3-29H,1-2H3. The van der Waals surface area contributed by atoms with Gasteiger partial charge in [-0.05, 0) is 111 Å². The molecule has 0 spiro atoms. The van der Waals surface area contributed by atoms with Crippen molar-refractivity contribution in [2.75, 3.05) is 4.90 Å². The zero-order valence-electron chi connectivity index (χ0n) is 28.9. The molecule has 0 unspecified atom stereocenters. The van der Waals surface area contributed by atoms with Crippen LogP contribution in [0.15, 0.2) is 173 Å². The molecule has 0 saturated heterocycles. The minimum atomic E-state index is -0.105. The van der Waals surface area contributed by atoms with Gasteiger partial charge in [-0.2, -0.15) is 0 Å². The van der Waals surface area contributed by atoms with Gasteiger partial charge in [-0.3, -0.25) is 0 Å². The van der Waals surface area contributed by atoms with E-state index in [4.69, 9.17) is 8.83 Å². The second kappa shape index (κ2) is 10.7. The normalized spacial score (nSPS) is 13.3. The molecule has 0 fully saturated rings. The number of nitrogens with zero attached hydrogens (tertiary/aromatic N) is 1. The molecule has 8 aromatic carbocycles. The summed E-state index contributed by atoms with van der Waals surface area (Å²) >= 11 is 0. The van der Waals surface area contributed by atoms with Crippen molar-refractivity contribution in [3.8, 4) is 22.3 Å². The van der Waals surface area contributed by atoms with Crippen LogP contribution in [0.5, 0.6) is 0 Å². The van der Waals surface area contributed by atoms with Crippen molar-refractivity contribution < 1.29 is 8.83 Å². The quantitative estimate of drug-likeness (QED) is 0.187. The molecule has 1 aliphatic rings. The average Bonchev–Trinajstić information content (AvgIpc) is 3.83. The predicted molar refractivity (Wildman–Crippen MR) is 216 cm³/mol. The third kappa shape index (κ3) is 4.20. The average molecular weight is 668 g/mol. The van der Waals surface area contributed by atoms with Gasteiger partial charge in [-0.15, -0.1) is 0 Å². The van der Waals surface area contributed by atoms with E-state index in [0.29, 0.717) is 0 Å². The third-order valence-corrected chi connectivity index (χ3v) is 11.3. The molecule has 10 aromatic rings. The first-order chi connectivity index (χ1) is 25.5. The van der Waals surface area contributed by atoms with Gasteiger partial charge >= 0.3 is 0 Å². The Morgan fingerprint density at radius 3 is 1.88 bits per heavy atom. The Morgan fingerprint density at radius 1 is 0.404 bits per heavy atom. The molecule has 0 saturated carbocycles. The molecule has 0 bridgehead atoms. The fourth-order valence-corrected chi connectivity index (χ4v) is 8.67. The summed E-state index contributed by atoms with van der Waals surface area (Å²) in [4.78, 5) is 2.38. The molecule has 3 heteroatoms. The Hall–Kier alpha value is -6.58. The number of benzene rings is 8. The summed E-state index contributed by atoms with van der Waals surface area (Å²) < 4.78 is 12.4. The fraction of sp³-hybridized carbons (Fsp3) is 0.0612. The Kier molecular flexibility index (Phi) is 6.01. The van der Waals surface area contributed by atoms with Crippen LogP contribution in [0.4, 0.5) is 17.1 Å². The van der Waals surface area contributed by atoms with E-state index in [2.05, 4.69) is 158 Å². The molecule has 0 amide bonds. The first-order valence-electron chi connectivity index (χ1n) is 17.9. The molecule has 0 aliphatic heterocycles. The topological polar surface area (TPSA) is 29.5 Å². The van der Waals surface area contributed by atoms with Crippen molar-refractivity contribution in [3.05, 3.63) is 175 Å². The molecule has 2 heterocycles. The molecule has 3 nitrogen and oxygen atoms in total. The number of rotatable bonds is 4. The van der Waals surface area contributed by atoms with Gasteiger partial charge in [-0.1, -0.05) is 111 Å². The monoisotopic (exact) mass is 667 g/mol. The summed E-state index contributed by atoms with van der Waals surface area (Å²) in [6.07, 6.45) is 0. The molecular formula is C49H33NO2. The van der Waals surface area contributed by atoms with E-state index in [9.17, 15) is 0 Å². The Bertz CT molecular complexity index is 3050. The fourth-order valence-electron chi connectivity index (χ4n) is 8.67. The van der Waals surface area contributed by atoms with E-state index < -0.39 is 0 Å². The summed E-state index contributed by atoms with van der Waals surface area (Å²) in [5, 5.41) is 6.97. The number of hydrogen-bond acceptors (Lipinski definition) is 3. The first kappa shape index (κ1) is 29.2. The van der Waals surface area contributed by atoms with E-state index >= 15 is 0 Å². The van der Waals surface area contributed by atoms with Crippen molar-refractivity contribution in [1.82, 2.24) is 0 Å². The van der Waals surface area contributed by atoms with Crippen LogP contribution in [0.1, 0.15) is 25.0 Å². The van der Waals surface area contributed by atoms with Crippen molar-refractivity contribution in [2.24, 2.45) is 0 Å². The molecule has 11 rings (SSSR count). The van der Waals surface area contributed by atoms with Gasteiger partial charge in [0, 0.05) is 44.0 Å². The Morgan fingerprint density at radius 2 is 1.02 bits per heavy atom.